The number of quaternary nitrogens is 1. The third kappa shape index (κ3) is 6.02. The van der Waals surface area contributed by atoms with Gasteiger partial charge in [0.2, 0.25) is 0 Å². The molecule has 4 nitrogen and oxygen atoms in total. The van der Waals surface area contributed by atoms with Crippen LogP contribution in [0.5, 0.6) is 0 Å². The van der Waals surface area contributed by atoms with Crippen LogP contribution in [0, 0.1) is 0 Å². The number of rotatable bonds is 9. The van der Waals surface area contributed by atoms with E-state index in [1.807, 2.05) is 36.4 Å². The summed E-state index contributed by atoms with van der Waals surface area (Å²) in [7, 11) is 0. The first-order chi connectivity index (χ1) is 14.8. The lowest BCUT2D eigenvalue weighted by Gasteiger charge is -2.22. The average Bonchev–Trinajstić information content (AvgIpc) is 3.45. The number of anilines is 1. The maximum atomic E-state index is 13.0. The molecule has 1 saturated heterocycles. The Morgan fingerprint density at radius 2 is 1.90 bits per heavy atom. The number of hydrogen-bond donors (Lipinski definition) is 2. The molecule has 2 aromatic carbocycles. The molecule has 4 rings (SSSR count). The molecule has 2 heterocycles. The highest BCUT2D eigenvalue weighted by Gasteiger charge is 2.24. The number of carbonyl (C=O) groups is 1. The molecule has 0 spiro atoms. The molecule has 30 heavy (non-hydrogen) atoms. The summed E-state index contributed by atoms with van der Waals surface area (Å²) in [6, 6.07) is 22.7. The summed E-state index contributed by atoms with van der Waals surface area (Å²) >= 11 is 1.75. The molecular weight excluding hydrogens is 392 g/mol. The van der Waals surface area contributed by atoms with Crippen LogP contribution in [0.25, 0.3) is 0 Å². The largest absolute Gasteiger partial charge is 0.372 e. The summed E-state index contributed by atoms with van der Waals surface area (Å²) in [5, 5.41) is 5.26. The van der Waals surface area contributed by atoms with E-state index < -0.39 is 0 Å². The number of hydrogen-bond acceptors (Lipinski definition) is 3. The van der Waals surface area contributed by atoms with Gasteiger partial charge in [0.05, 0.1) is 4.88 Å². The van der Waals surface area contributed by atoms with Gasteiger partial charge in [0.1, 0.15) is 19.2 Å². The Labute approximate surface area is 182 Å². The van der Waals surface area contributed by atoms with Crippen molar-refractivity contribution in [3.05, 3.63) is 88.1 Å². The quantitative estimate of drug-likeness (QED) is 0.555. The van der Waals surface area contributed by atoms with E-state index in [1.165, 1.54) is 15.3 Å². The van der Waals surface area contributed by atoms with Crippen molar-refractivity contribution in [3.8, 4) is 0 Å². The minimum absolute atomic E-state index is 0.0556. The predicted octanol–water partition coefficient (Wildman–Crippen LogP) is 3.54. The Balaban J connectivity index is 1.41. The van der Waals surface area contributed by atoms with Gasteiger partial charge in [0.25, 0.3) is 5.91 Å². The highest BCUT2D eigenvalue weighted by atomic mass is 32.1. The normalized spacial score (nSPS) is 17.0. The van der Waals surface area contributed by atoms with Gasteiger partial charge in [-0.2, -0.15) is 0 Å². The minimum Gasteiger partial charge on any atom is -0.372 e. The Kier molecular flexibility index (Phi) is 7.29. The number of nitrogens with one attached hydrogen (secondary N) is 2. The Morgan fingerprint density at radius 1 is 1.07 bits per heavy atom. The van der Waals surface area contributed by atoms with Crippen LogP contribution < -0.4 is 10.2 Å². The van der Waals surface area contributed by atoms with Crippen LogP contribution in [-0.2, 0) is 22.5 Å². The van der Waals surface area contributed by atoms with Crippen molar-refractivity contribution in [1.82, 2.24) is 0 Å². The van der Waals surface area contributed by atoms with E-state index in [-0.39, 0.29) is 12.0 Å². The molecule has 5 heteroatoms. The van der Waals surface area contributed by atoms with E-state index in [4.69, 9.17) is 4.74 Å². The molecule has 1 aliphatic rings. The van der Waals surface area contributed by atoms with E-state index in [9.17, 15) is 4.79 Å². The van der Waals surface area contributed by atoms with E-state index in [2.05, 4.69) is 41.0 Å². The van der Waals surface area contributed by atoms with Crippen molar-refractivity contribution in [2.75, 3.05) is 25.0 Å². The maximum Gasteiger partial charge on any atom is 0.279 e. The van der Waals surface area contributed by atoms with Crippen molar-refractivity contribution < 1.29 is 14.4 Å². The average molecular weight is 422 g/mol. The van der Waals surface area contributed by atoms with Crippen LogP contribution in [-0.4, -0.2) is 31.7 Å². The van der Waals surface area contributed by atoms with Gasteiger partial charge in [-0.1, -0.05) is 54.6 Å². The van der Waals surface area contributed by atoms with Gasteiger partial charge in [0.15, 0.2) is 6.54 Å². The van der Waals surface area contributed by atoms with E-state index in [1.54, 1.807) is 11.3 Å². The first-order valence-corrected chi connectivity index (χ1v) is 11.5. The summed E-state index contributed by atoms with van der Waals surface area (Å²) in [5.74, 6) is 0.0556. The second-order valence-corrected chi connectivity index (χ2v) is 8.92. The van der Waals surface area contributed by atoms with Crippen molar-refractivity contribution in [1.29, 1.82) is 0 Å². The minimum atomic E-state index is 0.0556. The Hall–Kier alpha value is -2.47. The van der Waals surface area contributed by atoms with Crippen molar-refractivity contribution in [2.45, 2.75) is 31.9 Å². The molecule has 2 atom stereocenters. The number of ether oxygens (including phenoxy) is 1. The van der Waals surface area contributed by atoms with Gasteiger partial charge >= 0.3 is 0 Å². The monoisotopic (exact) mass is 421 g/mol. The molecule has 1 unspecified atom stereocenters. The lowest BCUT2D eigenvalue weighted by atomic mass is 10.0. The molecule has 0 radical (unpaired) electrons. The van der Waals surface area contributed by atoms with E-state index in [0.717, 1.165) is 50.2 Å². The van der Waals surface area contributed by atoms with Crippen LogP contribution >= 0.6 is 11.3 Å². The summed E-state index contributed by atoms with van der Waals surface area (Å²) in [5.41, 5.74) is 3.28. The molecule has 156 valence electrons. The molecular formula is C25H29N2O2S+. The number of carbonyl (C=O) groups excluding carboxylic acids is 1. The standard InChI is InChI=1S/C25H28N2O2S/c28-25(19-27(17-22-11-6-14-29-22)18-23-12-7-15-30-23)26-24-13-5-4-10-21(24)16-20-8-2-1-3-9-20/h1-5,7-10,12-13,15,22H,6,11,14,16-19H2,(H,26,28)/p+1/t22-/m0/s1. The zero-order valence-corrected chi connectivity index (χ0v) is 18.0. The van der Waals surface area contributed by atoms with E-state index >= 15 is 0 Å². The Bertz CT molecular complexity index is 921. The third-order valence-corrected chi connectivity index (χ3v) is 6.36. The van der Waals surface area contributed by atoms with Gasteiger partial charge in [-0.05, 0) is 47.9 Å². The van der Waals surface area contributed by atoms with Crippen LogP contribution in [0.15, 0.2) is 72.1 Å². The van der Waals surface area contributed by atoms with Crippen LogP contribution in [0.3, 0.4) is 0 Å². The maximum absolute atomic E-state index is 13.0. The lowest BCUT2D eigenvalue weighted by molar-refractivity contribution is -0.908. The Morgan fingerprint density at radius 3 is 2.67 bits per heavy atom. The van der Waals surface area contributed by atoms with Gasteiger partial charge in [0, 0.05) is 12.3 Å². The number of thiophene rings is 1. The van der Waals surface area contributed by atoms with Crippen LogP contribution in [0.2, 0.25) is 0 Å². The molecule has 1 fully saturated rings. The highest BCUT2D eigenvalue weighted by molar-refractivity contribution is 7.09. The molecule has 0 aliphatic carbocycles. The van der Waals surface area contributed by atoms with Gasteiger partial charge in [-0.3, -0.25) is 4.79 Å². The fourth-order valence-corrected chi connectivity index (χ4v) is 4.80. The SMILES string of the molecule is O=C(C[NH+](Cc1cccs1)C[C@@H]1CCCO1)Nc1ccccc1Cc1ccccc1. The van der Waals surface area contributed by atoms with Crippen molar-refractivity contribution in [2.24, 2.45) is 0 Å². The number of amides is 1. The lowest BCUT2D eigenvalue weighted by Crippen LogP contribution is -3.12. The van der Waals surface area contributed by atoms with E-state index in [0.29, 0.717) is 6.54 Å². The molecule has 1 amide bonds. The topological polar surface area (TPSA) is 42.8 Å². The molecule has 1 aromatic heterocycles. The molecule has 0 saturated carbocycles. The molecule has 2 N–H and O–H groups in total. The zero-order chi connectivity index (χ0) is 20.6. The van der Waals surface area contributed by atoms with Crippen molar-refractivity contribution in [3.63, 3.8) is 0 Å². The summed E-state index contributed by atoms with van der Waals surface area (Å²) < 4.78 is 5.84. The first kappa shape index (κ1) is 20.8. The van der Waals surface area contributed by atoms with Gasteiger partial charge in [-0.15, -0.1) is 11.3 Å². The molecule has 1 aliphatic heterocycles. The molecule has 3 aromatic rings. The number of para-hydroxylation sites is 1. The summed E-state index contributed by atoms with van der Waals surface area (Å²) in [4.78, 5) is 15.5. The first-order valence-electron chi connectivity index (χ1n) is 10.7. The predicted molar refractivity (Wildman–Crippen MR) is 122 cm³/mol. The van der Waals surface area contributed by atoms with Gasteiger partial charge < -0.3 is 15.0 Å². The van der Waals surface area contributed by atoms with Crippen molar-refractivity contribution >= 4 is 22.9 Å². The third-order valence-electron chi connectivity index (χ3n) is 5.48. The van der Waals surface area contributed by atoms with Gasteiger partial charge in [-0.25, -0.2) is 0 Å². The summed E-state index contributed by atoms with van der Waals surface area (Å²) in [6.45, 7) is 3.01. The number of benzene rings is 2. The second kappa shape index (κ2) is 10.5. The van der Waals surface area contributed by atoms with Crippen LogP contribution in [0.1, 0.15) is 28.8 Å². The highest BCUT2D eigenvalue weighted by Crippen LogP contribution is 2.19. The molecule has 0 bridgehead atoms. The smallest absolute Gasteiger partial charge is 0.279 e. The summed E-state index contributed by atoms with van der Waals surface area (Å²) in [6.07, 6.45) is 3.28. The zero-order valence-electron chi connectivity index (χ0n) is 17.2. The fourth-order valence-electron chi connectivity index (χ4n) is 4.03. The second-order valence-electron chi connectivity index (χ2n) is 7.89. The van der Waals surface area contributed by atoms with Crippen LogP contribution in [0.4, 0.5) is 5.69 Å². The fraction of sp³-hybridized carbons (Fsp3) is 0.320.